The quantitative estimate of drug-likeness (QED) is 0.244. The highest BCUT2D eigenvalue weighted by Gasteiger charge is 2.45. The van der Waals surface area contributed by atoms with Crippen LogP contribution in [0.4, 0.5) is 26.4 Å². The van der Waals surface area contributed by atoms with Crippen molar-refractivity contribution in [3.63, 3.8) is 0 Å². The van der Waals surface area contributed by atoms with Gasteiger partial charge in [-0.15, -0.1) is 0 Å². The van der Waals surface area contributed by atoms with E-state index in [4.69, 9.17) is 11.6 Å². The van der Waals surface area contributed by atoms with Crippen LogP contribution in [0.1, 0.15) is 56.5 Å². The molecule has 3 aromatic rings. The Morgan fingerprint density at radius 3 is 2.31 bits per heavy atom. The fraction of sp³-hybridized carbons (Fsp3) is 0.370. The van der Waals surface area contributed by atoms with Gasteiger partial charge in [0, 0.05) is 35.8 Å². The van der Waals surface area contributed by atoms with Crippen LogP contribution in [0.15, 0.2) is 55.1 Å². The number of nitrogens with zero attached hydrogens (tertiary/aromatic N) is 3. The van der Waals surface area contributed by atoms with Crippen LogP contribution in [0.5, 0.6) is 0 Å². The van der Waals surface area contributed by atoms with Crippen molar-refractivity contribution in [3.05, 3.63) is 77.1 Å². The number of aryl methyl sites for hydroxylation is 1. The van der Waals surface area contributed by atoms with Gasteiger partial charge in [-0.2, -0.15) is 15.0 Å². The summed E-state index contributed by atoms with van der Waals surface area (Å²) in [5.74, 6) is -1.86. The predicted octanol–water partition coefficient (Wildman–Crippen LogP) is 6.93. The Morgan fingerprint density at radius 2 is 1.69 bits per heavy atom. The maximum Gasteiger partial charge on any atom is 0.245 e. The number of anilines is 3. The number of benzene rings is 2. The number of aromatic nitrogens is 3. The zero-order valence-electron chi connectivity index (χ0n) is 20.5. The van der Waals surface area contributed by atoms with E-state index in [9.17, 15) is 8.78 Å². The Hall–Kier alpha value is -3.26. The van der Waals surface area contributed by atoms with E-state index < -0.39 is 5.92 Å². The summed E-state index contributed by atoms with van der Waals surface area (Å²) in [6, 6.07) is 15.4. The van der Waals surface area contributed by atoms with Crippen LogP contribution in [-0.4, -0.2) is 27.4 Å². The second-order valence-corrected chi connectivity index (χ2v) is 9.73. The first-order valence-electron chi connectivity index (χ1n) is 12.1. The molecule has 1 aromatic heterocycles. The molecule has 0 atom stereocenters. The highest BCUT2D eigenvalue weighted by molar-refractivity contribution is 6.30. The average molecular weight is 513 g/mol. The van der Waals surface area contributed by atoms with Gasteiger partial charge in [0.2, 0.25) is 17.8 Å². The molecular weight excluding hydrogens is 482 g/mol. The van der Waals surface area contributed by atoms with Crippen LogP contribution in [0.2, 0.25) is 5.02 Å². The minimum atomic E-state index is -2.81. The topological polar surface area (TPSA) is 74.8 Å². The molecule has 190 valence electrons. The molecule has 1 heterocycles. The first-order valence-corrected chi connectivity index (χ1v) is 12.5. The van der Waals surface area contributed by atoms with Gasteiger partial charge in [0.15, 0.2) is 0 Å². The molecule has 0 bridgehead atoms. The van der Waals surface area contributed by atoms with Crippen LogP contribution in [0, 0.1) is 0 Å². The summed E-state index contributed by atoms with van der Waals surface area (Å²) in [7, 11) is 0. The number of halogens is 3. The molecule has 6 nitrogen and oxygen atoms in total. The summed E-state index contributed by atoms with van der Waals surface area (Å²) < 4.78 is 27.1. The molecule has 1 aliphatic carbocycles. The van der Waals surface area contributed by atoms with E-state index in [-0.39, 0.29) is 18.4 Å². The first kappa shape index (κ1) is 25.8. The zero-order valence-corrected chi connectivity index (χ0v) is 21.3. The monoisotopic (exact) mass is 512 g/mol. The maximum absolute atomic E-state index is 13.5. The molecule has 1 aliphatic rings. The third-order valence-corrected chi connectivity index (χ3v) is 6.30. The lowest BCUT2D eigenvalue weighted by molar-refractivity contribution is 0.0128. The molecule has 1 fully saturated rings. The molecule has 3 N–H and O–H groups in total. The van der Waals surface area contributed by atoms with Crippen molar-refractivity contribution in [3.8, 4) is 0 Å². The fourth-order valence-electron chi connectivity index (χ4n) is 3.83. The van der Waals surface area contributed by atoms with Crippen molar-refractivity contribution in [1.82, 2.24) is 20.3 Å². The molecule has 0 radical (unpaired) electrons. The largest absolute Gasteiger partial charge is 0.385 e. The summed E-state index contributed by atoms with van der Waals surface area (Å²) in [5.41, 5.74) is 3.38. The zero-order chi connectivity index (χ0) is 25.8. The van der Waals surface area contributed by atoms with Crippen molar-refractivity contribution in [2.45, 2.75) is 57.4 Å². The van der Waals surface area contributed by atoms with Gasteiger partial charge in [0.25, 0.3) is 0 Å². The molecule has 0 spiro atoms. The van der Waals surface area contributed by atoms with E-state index in [1.54, 1.807) is 0 Å². The van der Waals surface area contributed by atoms with E-state index in [1.165, 1.54) is 0 Å². The number of hydrogen-bond acceptors (Lipinski definition) is 6. The standard InChI is InChI=1S/C27H31ClF2N6/c1-4-17-31-18(2)19-5-11-22(12-6-19)32-24-33-23(13-14-26(3,29)30)34-25(35-24)36-27(15-16-27)20-7-9-21(28)10-8-20/h5-12,31H,2,4,13-17H2,1,3H3,(H2,32,33,34,35,36). The Bertz CT molecular complexity index is 1190. The molecular formula is C27H31ClF2N6. The van der Waals surface area contributed by atoms with E-state index in [2.05, 4.69) is 44.4 Å². The molecule has 0 aliphatic heterocycles. The number of hydrogen-bond donors (Lipinski definition) is 3. The van der Waals surface area contributed by atoms with E-state index in [0.717, 1.165) is 55.2 Å². The van der Waals surface area contributed by atoms with Crippen LogP contribution >= 0.6 is 11.6 Å². The van der Waals surface area contributed by atoms with Gasteiger partial charge in [0.05, 0.1) is 5.54 Å². The lowest BCUT2D eigenvalue weighted by Gasteiger charge is -2.19. The van der Waals surface area contributed by atoms with Crippen LogP contribution in [-0.2, 0) is 12.0 Å². The molecule has 2 aromatic carbocycles. The molecule has 0 saturated heterocycles. The van der Waals surface area contributed by atoms with Crippen molar-refractivity contribution in [2.75, 3.05) is 17.2 Å². The van der Waals surface area contributed by atoms with Crippen molar-refractivity contribution in [2.24, 2.45) is 0 Å². The summed E-state index contributed by atoms with van der Waals surface area (Å²) in [5, 5.41) is 10.6. The predicted molar refractivity (Wildman–Crippen MR) is 142 cm³/mol. The minimum absolute atomic E-state index is 0.0329. The first-order chi connectivity index (χ1) is 17.2. The Balaban J connectivity index is 1.55. The van der Waals surface area contributed by atoms with Gasteiger partial charge in [-0.05, 0) is 61.6 Å². The highest BCUT2D eigenvalue weighted by atomic mass is 35.5. The summed E-state index contributed by atoms with van der Waals surface area (Å²) in [4.78, 5) is 13.4. The Labute approximate surface area is 215 Å². The van der Waals surface area contributed by atoms with Crippen molar-refractivity contribution >= 4 is 34.9 Å². The van der Waals surface area contributed by atoms with Gasteiger partial charge in [-0.25, -0.2) is 8.78 Å². The maximum atomic E-state index is 13.5. The van der Waals surface area contributed by atoms with Gasteiger partial charge in [0.1, 0.15) is 5.82 Å². The van der Waals surface area contributed by atoms with Gasteiger partial charge in [-0.1, -0.05) is 49.4 Å². The summed E-state index contributed by atoms with van der Waals surface area (Å²) >= 11 is 6.05. The van der Waals surface area contributed by atoms with Crippen molar-refractivity contribution < 1.29 is 8.78 Å². The lowest BCUT2D eigenvalue weighted by Crippen LogP contribution is -2.22. The van der Waals surface area contributed by atoms with Crippen LogP contribution in [0.3, 0.4) is 0 Å². The third-order valence-electron chi connectivity index (χ3n) is 6.05. The second-order valence-electron chi connectivity index (χ2n) is 9.29. The summed E-state index contributed by atoms with van der Waals surface area (Å²) in [6.45, 7) is 7.92. The summed E-state index contributed by atoms with van der Waals surface area (Å²) in [6.07, 6.45) is 2.51. The average Bonchev–Trinajstić information content (AvgIpc) is 3.62. The van der Waals surface area contributed by atoms with E-state index >= 15 is 0 Å². The molecule has 1 saturated carbocycles. The number of nitrogens with one attached hydrogen (secondary N) is 3. The van der Waals surface area contributed by atoms with Gasteiger partial charge < -0.3 is 16.0 Å². The number of rotatable bonds is 12. The van der Waals surface area contributed by atoms with Crippen molar-refractivity contribution in [1.29, 1.82) is 0 Å². The smallest absolute Gasteiger partial charge is 0.245 e. The molecule has 36 heavy (non-hydrogen) atoms. The Morgan fingerprint density at radius 1 is 1.03 bits per heavy atom. The van der Waals surface area contributed by atoms with E-state index in [1.807, 2.05) is 48.5 Å². The minimum Gasteiger partial charge on any atom is -0.385 e. The molecule has 4 rings (SSSR count). The molecule has 0 amide bonds. The molecule has 0 unspecified atom stereocenters. The highest BCUT2D eigenvalue weighted by Crippen LogP contribution is 2.48. The van der Waals surface area contributed by atoms with Crippen LogP contribution < -0.4 is 16.0 Å². The van der Waals surface area contributed by atoms with E-state index in [0.29, 0.717) is 22.7 Å². The third kappa shape index (κ3) is 6.91. The SMILES string of the molecule is C=C(NCCC)c1ccc(Nc2nc(CCC(C)(F)F)nc(NC3(c4ccc(Cl)cc4)CC3)n2)cc1. The lowest BCUT2D eigenvalue weighted by atomic mass is 10.1. The number of alkyl halides is 2. The second kappa shape index (κ2) is 10.8. The normalized spacial score (nSPS) is 14.2. The fourth-order valence-corrected chi connectivity index (χ4v) is 3.96. The van der Waals surface area contributed by atoms with Gasteiger partial charge >= 0.3 is 0 Å². The van der Waals surface area contributed by atoms with Gasteiger partial charge in [-0.3, -0.25) is 0 Å². The Kier molecular flexibility index (Phi) is 7.73. The van der Waals surface area contributed by atoms with Crippen LogP contribution in [0.25, 0.3) is 5.70 Å². The molecule has 9 heteroatoms.